The summed E-state index contributed by atoms with van der Waals surface area (Å²) in [6.45, 7) is 8.33. The van der Waals surface area contributed by atoms with Gasteiger partial charge in [-0.2, -0.15) is 5.10 Å². The number of nitrogens with one attached hydrogen (secondary N) is 1. The van der Waals surface area contributed by atoms with Crippen LogP contribution in [0, 0.1) is 19.8 Å². The number of likely N-dealkylation sites (tertiary alicyclic amines) is 1. The van der Waals surface area contributed by atoms with Crippen LogP contribution in [0.15, 0.2) is 12.3 Å². The lowest BCUT2D eigenvalue weighted by Crippen LogP contribution is -2.25. The number of aromatic nitrogens is 4. The maximum atomic E-state index is 11.8. The Hall–Kier alpha value is -2.44. The minimum atomic E-state index is 0.237. The highest BCUT2D eigenvalue weighted by Crippen LogP contribution is 2.25. The van der Waals surface area contributed by atoms with E-state index >= 15 is 0 Å². The molecular weight excluding hydrogens is 304 g/mol. The van der Waals surface area contributed by atoms with E-state index in [1.807, 2.05) is 43.5 Å². The number of carbonyl (C=O) groups excluding carboxylic acids is 1. The van der Waals surface area contributed by atoms with Crippen molar-refractivity contribution in [2.75, 3.05) is 25.0 Å². The summed E-state index contributed by atoms with van der Waals surface area (Å²) in [4.78, 5) is 22.6. The van der Waals surface area contributed by atoms with Crippen LogP contribution in [-0.4, -0.2) is 50.2 Å². The molecule has 2 aromatic rings. The first-order valence-electron chi connectivity index (χ1n) is 8.34. The van der Waals surface area contributed by atoms with Crippen molar-refractivity contribution in [1.29, 1.82) is 0 Å². The number of aryl methyl sites for hydroxylation is 2. The first kappa shape index (κ1) is 16.4. The highest BCUT2D eigenvalue weighted by molar-refractivity contribution is 5.78. The normalized spacial score (nSPS) is 17.6. The SMILES string of the molecule is CCN1CC(CNc2nccc(-c3c(C)nn(C)c3C)n2)CC1=O. The van der Waals surface area contributed by atoms with Crippen molar-refractivity contribution in [2.24, 2.45) is 13.0 Å². The van der Waals surface area contributed by atoms with Gasteiger partial charge in [-0.1, -0.05) is 0 Å². The van der Waals surface area contributed by atoms with Gasteiger partial charge in [0.25, 0.3) is 0 Å². The molecule has 0 radical (unpaired) electrons. The van der Waals surface area contributed by atoms with Crippen LogP contribution in [0.2, 0.25) is 0 Å². The molecule has 1 fully saturated rings. The summed E-state index contributed by atoms with van der Waals surface area (Å²) in [6.07, 6.45) is 2.36. The van der Waals surface area contributed by atoms with Crippen molar-refractivity contribution in [3.63, 3.8) is 0 Å². The zero-order chi connectivity index (χ0) is 17.3. The first-order chi connectivity index (χ1) is 11.5. The molecular formula is C17H24N6O. The summed E-state index contributed by atoms with van der Waals surface area (Å²) in [5.41, 5.74) is 3.96. The van der Waals surface area contributed by atoms with E-state index in [9.17, 15) is 4.79 Å². The molecule has 0 bridgehead atoms. The lowest BCUT2D eigenvalue weighted by Gasteiger charge is -2.14. The van der Waals surface area contributed by atoms with Gasteiger partial charge in [0, 0.05) is 56.5 Å². The van der Waals surface area contributed by atoms with E-state index in [2.05, 4.69) is 20.4 Å². The zero-order valence-electron chi connectivity index (χ0n) is 14.7. The Bertz CT molecular complexity index is 754. The number of carbonyl (C=O) groups is 1. The molecule has 7 heteroatoms. The average Bonchev–Trinajstić information content (AvgIpc) is 3.05. The van der Waals surface area contributed by atoms with E-state index in [1.54, 1.807) is 6.20 Å². The molecule has 128 valence electrons. The summed E-state index contributed by atoms with van der Waals surface area (Å²) in [5.74, 6) is 1.14. The smallest absolute Gasteiger partial charge is 0.223 e. The maximum absolute atomic E-state index is 11.8. The molecule has 1 aliphatic rings. The summed E-state index contributed by atoms with van der Waals surface area (Å²) >= 11 is 0. The van der Waals surface area contributed by atoms with Crippen molar-refractivity contribution in [3.05, 3.63) is 23.7 Å². The van der Waals surface area contributed by atoms with E-state index in [0.717, 1.165) is 35.7 Å². The van der Waals surface area contributed by atoms with Gasteiger partial charge in [-0.05, 0) is 26.8 Å². The van der Waals surface area contributed by atoms with Gasteiger partial charge in [0.05, 0.1) is 11.4 Å². The van der Waals surface area contributed by atoms with E-state index in [1.165, 1.54) is 0 Å². The maximum Gasteiger partial charge on any atom is 0.223 e. The minimum Gasteiger partial charge on any atom is -0.354 e. The van der Waals surface area contributed by atoms with Gasteiger partial charge in [0.1, 0.15) is 0 Å². The number of amides is 1. The summed E-state index contributed by atoms with van der Waals surface area (Å²) in [5, 5.41) is 7.72. The zero-order valence-corrected chi connectivity index (χ0v) is 14.7. The Morgan fingerprint density at radius 2 is 2.17 bits per heavy atom. The number of hydrogen-bond donors (Lipinski definition) is 1. The molecule has 7 nitrogen and oxygen atoms in total. The van der Waals surface area contributed by atoms with E-state index in [0.29, 0.717) is 24.8 Å². The van der Waals surface area contributed by atoms with Gasteiger partial charge >= 0.3 is 0 Å². The van der Waals surface area contributed by atoms with Crippen LogP contribution in [0.4, 0.5) is 5.95 Å². The van der Waals surface area contributed by atoms with Crippen molar-refractivity contribution in [1.82, 2.24) is 24.6 Å². The average molecular weight is 328 g/mol. The third-order valence-electron chi connectivity index (χ3n) is 4.65. The number of nitrogens with zero attached hydrogens (tertiary/aromatic N) is 5. The predicted molar refractivity (Wildman–Crippen MR) is 92.6 cm³/mol. The quantitative estimate of drug-likeness (QED) is 0.905. The highest BCUT2D eigenvalue weighted by Gasteiger charge is 2.28. The van der Waals surface area contributed by atoms with E-state index < -0.39 is 0 Å². The molecule has 1 atom stereocenters. The van der Waals surface area contributed by atoms with Crippen LogP contribution in [-0.2, 0) is 11.8 Å². The molecule has 3 rings (SSSR count). The molecule has 1 saturated heterocycles. The number of hydrogen-bond acceptors (Lipinski definition) is 5. The van der Waals surface area contributed by atoms with Crippen LogP contribution in [0.25, 0.3) is 11.3 Å². The van der Waals surface area contributed by atoms with Crippen LogP contribution in [0.5, 0.6) is 0 Å². The Kier molecular flexibility index (Phi) is 4.51. The standard InChI is InChI=1S/C17H24N6O/c1-5-23-10-13(8-15(23)24)9-19-17-18-7-6-14(20-17)16-11(2)21-22(4)12(16)3/h6-7,13H,5,8-10H2,1-4H3,(H,18,19,20). The van der Waals surface area contributed by atoms with Gasteiger partial charge in [-0.3, -0.25) is 9.48 Å². The second-order valence-electron chi connectivity index (χ2n) is 6.32. The fourth-order valence-electron chi connectivity index (χ4n) is 3.26. The Labute approximate surface area is 142 Å². The molecule has 1 N–H and O–H groups in total. The molecule has 3 heterocycles. The van der Waals surface area contributed by atoms with Crippen molar-refractivity contribution < 1.29 is 4.79 Å². The Morgan fingerprint density at radius 1 is 1.38 bits per heavy atom. The van der Waals surface area contributed by atoms with E-state index in [4.69, 9.17) is 0 Å². The summed E-state index contributed by atoms with van der Waals surface area (Å²) in [6, 6.07) is 1.90. The topological polar surface area (TPSA) is 75.9 Å². The number of rotatable bonds is 5. The van der Waals surface area contributed by atoms with Crippen molar-refractivity contribution in [2.45, 2.75) is 27.2 Å². The predicted octanol–water partition coefficient (Wildman–Crippen LogP) is 1.77. The van der Waals surface area contributed by atoms with Gasteiger partial charge < -0.3 is 10.2 Å². The summed E-state index contributed by atoms with van der Waals surface area (Å²) < 4.78 is 1.86. The minimum absolute atomic E-state index is 0.237. The lowest BCUT2D eigenvalue weighted by atomic mass is 10.1. The van der Waals surface area contributed by atoms with Crippen LogP contribution in [0.3, 0.4) is 0 Å². The fraction of sp³-hybridized carbons (Fsp3) is 0.529. The molecule has 1 aliphatic heterocycles. The third kappa shape index (κ3) is 3.11. The van der Waals surface area contributed by atoms with Crippen molar-refractivity contribution >= 4 is 11.9 Å². The van der Waals surface area contributed by atoms with Gasteiger partial charge in [0.2, 0.25) is 11.9 Å². The summed E-state index contributed by atoms with van der Waals surface area (Å²) in [7, 11) is 1.93. The molecule has 1 amide bonds. The van der Waals surface area contributed by atoms with E-state index in [-0.39, 0.29) is 5.91 Å². The van der Waals surface area contributed by atoms with Crippen LogP contribution >= 0.6 is 0 Å². The molecule has 0 spiro atoms. The van der Waals surface area contributed by atoms with Crippen molar-refractivity contribution in [3.8, 4) is 11.3 Å². The number of anilines is 1. The monoisotopic (exact) mass is 328 g/mol. The largest absolute Gasteiger partial charge is 0.354 e. The Balaban J connectivity index is 1.71. The van der Waals surface area contributed by atoms with Crippen LogP contribution < -0.4 is 5.32 Å². The van der Waals surface area contributed by atoms with Gasteiger partial charge in [-0.15, -0.1) is 0 Å². The second kappa shape index (κ2) is 6.59. The Morgan fingerprint density at radius 3 is 2.79 bits per heavy atom. The fourth-order valence-corrected chi connectivity index (χ4v) is 3.26. The lowest BCUT2D eigenvalue weighted by molar-refractivity contribution is -0.127. The third-order valence-corrected chi connectivity index (χ3v) is 4.65. The highest BCUT2D eigenvalue weighted by atomic mass is 16.2. The second-order valence-corrected chi connectivity index (χ2v) is 6.32. The molecule has 0 aromatic carbocycles. The molecule has 1 unspecified atom stereocenters. The first-order valence-corrected chi connectivity index (χ1v) is 8.34. The molecule has 2 aromatic heterocycles. The molecule has 24 heavy (non-hydrogen) atoms. The molecule has 0 saturated carbocycles. The van der Waals surface area contributed by atoms with Crippen LogP contribution in [0.1, 0.15) is 24.7 Å². The van der Waals surface area contributed by atoms with Gasteiger partial charge in [-0.25, -0.2) is 9.97 Å². The molecule has 0 aliphatic carbocycles. The van der Waals surface area contributed by atoms with Gasteiger partial charge in [0.15, 0.2) is 0 Å².